The van der Waals surface area contributed by atoms with Crippen molar-refractivity contribution in [2.75, 3.05) is 0 Å². The Kier molecular flexibility index (Phi) is 13.6. The van der Waals surface area contributed by atoms with Gasteiger partial charge in [0.25, 0.3) is 0 Å². The fourth-order valence-electron chi connectivity index (χ4n) is 17.2. The first-order valence-corrected chi connectivity index (χ1v) is 36.6. The van der Waals surface area contributed by atoms with Crippen molar-refractivity contribution in [3.8, 4) is 95.7 Å². The number of para-hydroxylation sites is 7. The first kappa shape index (κ1) is 60.2. The Balaban J connectivity index is 0.715. The summed E-state index contributed by atoms with van der Waals surface area (Å²) in [6, 6.07) is 139. The molecule has 0 aliphatic rings. The molecule has 6 heterocycles. The van der Waals surface area contributed by atoms with Crippen LogP contribution >= 0.6 is 0 Å². The second-order valence-corrected chi connectivity index (χ2v) is 28.1. The maximum atomic E-state index is 5.72. The minimum absolute atomic E-state index is 0.588. The largest absolute Gasteiger partial charge is 0.309 e. The lowest BCUT2D eigenvalue weighted by atomic mass is 9.98. The quantitative estimate of drug-likeness (QED) is 0.130. The number of aromatic nitrogens is 7. The second-order valence-electron chi connectivity index (χ2n) is 28.1. The lowest BCUT2D eigenvalue weighted by Crippen LogP contribution is -2.04. The van der Waals surface area contributed by atoms with Gasteiger partial charge in [-0.1, -0.05) is 224 Å². The van der Waals surface area contributed by atoms with Crippen LogP contribution in [0.4, 0.5) is 0 Å². The van der Waals surface area contributed by atoms with E-state index in [0.29, 0.717) is 5.95 Å². The average molecular weight is 1360 g/mol. The maximum absolute atomic E-state index is 5.72. The Labute approximate surface area is 615 Å². The van der Waals surface area contributed by atoms with Gasteiger partial charge in [-0.15, -0.1) is 0 Å². The molecule has 0 saturated heterocycles. The number of hydrogen-bond donors (Lipinski definition) is 0. The van der Waals surface area contributed by atoms with Crippen LogP contribution in [0.2, 0.25) is 0 Å². The third-order valence-electron chi connectivity index (χ3n) is 22.1. The molecule has 0 spiro atoms. The van der Waals surface area contributed by atoms with Gasteiger partial charge in [0.1, 0.15) is 0 Å². The van der Waals surface area contributed by atoms with E-state index < -0.39 is 0 Å². The van der Waals surface area contributed by atoms with Crippen molar-refractivity contribution in [2.45, 2.75) is 0 Å². The topological polar surface area (TPSA) is 50.4 Å². The highest BCUT2D eigenvalue weighted by Crippen LogP contribution is 2.44. The highest BCUT2D eigenvalue weighted by atomic mass is 15.2. The molecule has 498 valence electrons. The Hall–Kier alpha value is -14.4. The summed E-state index contributed by atoms with van der Waals surface area (Å²) in [5.41, 5.74) is 28.5. The van der Waals surface area contributed by atoms with Gasteiger partial charge < -0.3 is 18.3 Å². The molecule has 0 aliphatic heterocycles. The van der Waals surface area contributed by atoms with Gasteiger partial charge in [-0.05, 0) is 202 Å². The lowest BCUT2D eigenvalue weighted by molar-refractivity contribution is 0.995. The van der Waals surface area contributed by atoms with Crippen LogP contribution in [0, 0.1) is 0 Å². The van der Waals surface area contributed by atoms with E-state index in [1.54, 1.807) is 0 Å². The molecule has 0 fully saturated rings. The minimum Gasteiger partial charge on any atom is -0.309 e. The molecule has 7 heteroatoms. The monoisotopic (exact) mass is 1360 g/mol. The van der Waals surface area contributed by atoms with Crippen LogP contribution in [0.25, 0.3) is 205 Å². The zero-order valence-electron chi connectivity index (χ0n) is 58.0. The molecule has 0 unspecified atom stereocenters. The summed E-state index contributed by atoms with van der Waals surface area (Å²) < 4.78 is 11.9. The molecule has 0 saturated carbocycles. The third-order valence-corrected chi connectivity index (χ3v) is 22.1. The van der Waals surface area contributed by atoms with E-state index in [9.17, 15) is 0 Å². The van der Waals surface area contributed by atoms with Gasteiger partial charge in [-0.3, -0.25) is 4.57 Å². The Morgan fingerprint density at radius 3 is 0.757 bits per heavy atom. The zero-order valence-corrected chi connectivity index (χ0v) is 58.0. The van der Waals surface area contributed by atoms with Crippen molar-refractivity contribution < 1.29 is 0 Å². The normalized spacial score (nSPS) is 11.9. The number of fused-ring (bicyclic) bond motifs is 15. The molecule has 0 amide bonds. The fraction of sp³-hybridized carbons (Fsp3) is 0. The van der Waals surface area contributed by atoms with E-state index in [-0.39, 0.29) is 0 Å². The first-order chi connectivity index (χ1) is 53.0. The number of benzene rings is 16. The standard InChI is InChI=1S/C100H63N7/c1-5-23-64(24-6-1)65-25-21-26-72(55-65)88-63-89(102-100(101-88)107-93-42-20-16-38-81(93)85-60-69(48-54-99(85)107)66-43-49-94-82(57-66)78-35-13-17-39-90(78)103(94)74-28-7-2-8-29-74)73-27-22-34-77(56-73)106-97-52-46-70(67-44-50-95-83(58-67)79-36-14-18-40-91(79)104(95)75-30-9-3-10-31-75)61-86(97)87-62-71(47-53-98(87)106)68-45-51-96-84(59-68)80-37-15-19-41-92(80)105(96)76-32-11-4-12-33-76/h1-63H. The summed E-state index contributed by atoms with van der Waals surface area (Å²) >= 11 is 0. The summed E-state index contributed by atoms with van der Waals surface area (Å²) in [6.45, 7) is 0. The van der Waals surface area contributed by atoms with E-state index in [4.69, 9.17) is 9.97 Å². The molecule has 7 nitrogen and oxygen atoms in total. The molecule has 0 N–H and O–H groups in total. The van der Waals surface area contributed by atoms with Gasteiger partial charge in [0.2, 0.25) is 5.95 Å². The Morgan fingerprint density at radius 1 is 0.140 bits per heavy atom. The molecule has 0 aliphatic carbocycles. The van der Waals surface area contributed by atoms with Crippen molar-refractivity contribution in [1.29, 1.82) is 0 Å². The molecule has 0 bridgehead atoms. The summed E-state index contributed by atoms with van der Waals surface area (Å²) in [5.74, 6) is 0.588. The second kappa shape index (κ2) is 24.1. The molecule has 22 aromatic rings. The molecule has 0 atom stereocenters. The SMILES string of the molecule is c1ccc(-c2cccc(-c3cc(-c4cccc(-n5c6ccc(-c7ccc8c(c7)c7ccccc7n8-c7ccccc7)cc6c6cc(-c7ccc8c(c7)c7ccccc7n8-c7ccccc7)ccc65)c4)nc(-n4c5ccccc5c5cc(-c6ccc7c(c6)c6ccccc6n7-c6ccccc6)ccc54)n3)c2)cc1. The average Bonchev–Trinajstić information content (AvgIpc) is 1.57. The van der Waals surface area contributed by atoms with Gasteiger partial charge in [0.05, 0.1) is 66.6 Å². The molecule has 107 heavy (non-hydrogen) atoms. The van der Waals surface area contributed by atoms with E-state index in [0.717, 1.165) is 133 Å². The predicted octanol–water partition coefficient (Wildman–Crippen LogP) is 26.0. The van der Waals surface area contributed by atoms with Gasteiger partial charge in [0.15, 0.2) is 0 Å². The van der Waals surface area contributed by atoms with Crippen LogP contribution in [-0.2, 0) is 0 Å². The van der Waals surface area contributed by atoms with Crippen LogP contribution in [0.1, 0.15) is 0 Å². The van der Waals surface area contributed by atoms with Gasteiger partial charge >= 0.3 is 0 Å². The predicted molar refractivity (Wildman–Crippen MR) is 446 cm³/mol. The maximum Gasteiger partial charge on any atom is 0.235 e. The van der Waals surface area contributed by atoms with E-state index >= 15 is 0 Å². The summed E-state index contributed by atoms with van der Waals surface area (Å²) in [4.78, 5) is 11.3. The van der Waals surface area contributed by atoms with Crippen molar-refractivity contribution in [3.05, 3.63) is 382 Å². The Bertz CT molecular complexity index is 7140. The fourth-order valence-corrected chi connectivity index (χ4v) is 17.2. The van der Waals surface area contributed by atoms with Gasteiger partial charge in [-0.25, -0.2) is 9.97 Å². The zero-order chi connectivity index (χ0) is 70.2. The molecule has 0 radical (unpaired) electrons. The van der Waals surface area contributed by atoms with Crippen LogP contribution in [0.15, 0.2) is 382 Å². The first-order valence-electron chi connectivity index (χ1n) is 36.6. The van der Waals surface area contributed by atoms with E-state index in [2.05, 4.69) is 405 Å². The molecule has 16 aromatic carbocycles. The molecular formula is C100H63N7. The van der Waals surface area contributed by atoms with Gasteiger partial charge in [0, 0.05) is 87.7 Å². The van der Waals surface area contributed by atoms with Crippen LogP contribution in [-0.4, -0.2) is 32.8 Å². The number of rotatable bonds is 11. The molecule has 6 aromatic heterocycles. The van der Waals surface area contributed by atoms with E-state index in [1.165, 1.54) is 65.4 Å². The van der Waals surface area contributed by atoms with Crippen molar-refractivity contribution in [1.82, 2.24) is 32.8 Å². The summed E-state index contributed by atoms with van der Waals surface area (Å²) in [7, 11) is 0. The number of nitrogens with zero attached hydrogens (tertiary/aromatic N) is 7. The highest BCUT2D eigenvalue weighted by molar-refractivity contribution is 6.16. The summed E-state index contributed by atoms with van der Waals surface area (Å²) in [6.07, 6.45) is 0. The van der Waals surface area contributed by atoms with E-state index in [1.807, 2.05) is 0 Å². The van der Waals surface area contributed by atoms with Crippen LogP contribution < -0.4 is 0 Å². The molecule has 22 rings (SSSR count). The minimum atomic E-state index is 0.588. The number of hydrogen-bond acceptors (Lipinski definition) is 2. The smallest absolute Gasteiger partial charge is 0.235 e. The van der Waals surface area contributed by atoms with Gasteiger partial charge in [-0.2, -0.15) is 0 Å². The molecular weight excluding hydrogens is 1300 g/mol. The van der Waals surface area contributed by atoms with Crippen molar-refractivity contribution >= 4 is 109 Å². The van der Waals surface area contributed by atoms with Crippen LogP contribution in [0.3, 0.4) is 0 Å². The van der Waals surface area contributed by atoms with Crippen LogP contribution in [0.5, 0.6) is 0 Å². The summed E-state index contributed by atoms with van der Waals surface area (Å²) in [5, 5.41) is 11.9. The van der Waals surface area contributed by atoms with Crippen molar-refractivity contribution in [3.63, 3.8) is 0 Å². The third kappa shape index (κ3) is 9.68. The lowest BCUT2D eigenvalue weighted by Gasteiger charge is -2.14. The highest BCUT2D eigenvalue weighted by Gasteiger charge is 2.23. The van der Waals surface area contributed by atoms with Crippen molar-refractivity contribution in [2.24, 2.45) is 0 Å². The Morgan fingerprint density at radius 2 is 0.383 bits per heavy atom.